The zero-order valence-electron chi connectivity index (χ0n) is 10.7. The van der Waals surface area contributed by atoms with Crippen molar-refractivity contribution in [1.29, 1.82) is 0 Å². The summed E-state index contributed by atoms with van der Waals surface area (Å²) >= 11 is 0. The van der Waals surface area contributed by atoms with E-state index in [0.717, 1.165) is 5.69 Å². The number of Topliss-reactive ketones (excluding diaryl/α,β-unsaturated/α-hetero) is 1. The van der Waals surface area contributed by atoms with E-state index in [1.807, 2.05) is 0 Å². The first-order valence-corrected chi connectivity index (χ1v) is 6.04. The Morgan fingerprint density at radius 2 is 1.94 bits per heavy atom. The number of anilines is 1. The molecule has 0 atom stereocenters. The number of furan rings is 1. The Morgan fingerprint density at radius 3 is 2.56 bits per heavy atom. The van der Waals surface area contributed by atoms with Crippen molar-refractivity contribution in [3.63, 3.8) is 0 Å². The Hall–Kier alpha value is -2.03. The number of carbonyl (C=O) groups is 1. The molecule has 0 aliphatic carbocycles. The lowest BCUT2D eigenvalue weighted by Crippen LogP contribution is -2.08. The third-order valence-electron chi connectivity index (χ3n) is 2.70. The minimum absolute atomic E-state index is 0.0249. The Morgan fingerprint density at radius 1 is 1.22 bits per heavy atom. The molecule has 3 heteroatoms. The van der Waals surface area contributed by atoms with Crippen LogP contribution in [0.25, 0.3) is 0 Å². The van der Waals surface area contributed by atoms with Gasteiger partial charge in [-0.1, -0.05) is 6.07 Å². The van der Waals surface area contributed by atoms with Gasteiger partial charge in [-0.05, 0) is 49.2 Å². The molecular formula is C15H17NO2. The molecule has 0 radical (unpaired) electrons. The number of benzene rings is 1. The number of nitrogens with one attached hydrogen (secondary N) is 1. The molecule has 94 valence electrons. The second-order valence-electron chi connectivity index (χ2n) is 4.45. The highest BCUT2D eigenvalue weighted by Crippen LogP contribution is 2.14. The van der Waals surface area contributed by atoms with Crippen LogP contribution in [0.4, 0.5) is 5.69 Å². The third-order valence-corrected chi connectivity index (χ3v) is 2.70. The van der Waals surface area contributed by atoms with Gasteiger partial charge in [-0.3, -0.25) is 4.79 Å². The van der Waals surface area contributed by atoms with E-state index < -0.39 is 0 Å². The van der Waals surface area contributed by atoms with Gasteiger partial charge >= 0.3 is 0 Å². The Balaban J connectivity index is 1.87. The first-order valence-electron chi connectivity index (χ1n) is 6.04. The summed E-state index contributed by atoms with van der Waals surface area (Å²) in [7, 11) is 0. The average Bonchev–Trinajstić information content (AvgIpc) is 2.80. The number of hydrogen-bond donors (Lipinski definition) is 1. The molecule has 0 amide bonds. The van der Waals surface area contributed by atoms with Crippen LogP contribution in [0.2, 0.25) is 0 Å². The Kier molecular flexibility index (Phi) is 3.82. The Bertz CT molecular complexity index is 509. The van der Waals surface area contributed by atoms with Crippen molar-refractivity contribution in [2.24, 2.45) is 0 Å². The summed E-state index contributed by atoms with van der Waals surface area (Å²) in [4.78, 5) is 11.7. The van der Waals surface area contributed by atoms with Crippen LogP contribution in [-0.2, 0) is 0 Å². The molecule has 0 spiro atoms. The van der Waals surface area contributed by atoms with E-state index in [0.29, 0.717) is 18.7 Å². The van der Waals surface area contributed by atoms with Crippen LogP contribution in [-0.4, -0.2) is 12.3 Å². The summed E-state index contributed by atoms with van der Waals surface area (Å²) in [5.41, 5.74) is 3.49. The van der Waals surface area contributed by atoms with E-state index in [-0.39, 0.29) is 5.78 Å². The first kappa shape index (κ1) is 12.4. The van der Waals surface area contributed by atoms with E-state index in [9.17, 15) is 4.79 Å². The van der Waals surface area contributed by atoms with E-state index in [4.69, 9.17) is 4.42 Å². The van der Waals surface area contributed by atoms with Gasteiger partial charge < -0.3 is 9.73 Å². The highest BCUT2D eigenvalue weighted by atomic mass is 16.3. The molecule has 1 aromatic carbocycles. The zero-order valence-corrected chi connectivity index (χ0v) is 10.7. The lowest BCUT2D eigenvalue weighted by Gasteiger charge is -2.07. The van der Waals surface area contributed by atoms with Crippen molar-refractivity contribution in [3.05, 3.63) is 53.5 Å². The molecule has 0 aliphatic rings. The predicted octanol–water partition coefficient (Wildman–Crippen LogP) is 3.58. The number of hydrogen-bond acceptors (Lipinski definition) is 3. The molecule has 3 nitrogen and oxygen atoms in total. The fraction of sp³-hybridized carbons (Fsp3) is 0.267. The standard InChI is InChI=1S/C15H17NO2/c1-11-8-12(2)10-13(9-11)16-6-5-14(17)15-4-3-7-18-15/h3-4,7-10,16H,5-6H2,1-2H3. The maximum atomic E-state index is 11.7. The number of aryl methyl sites for hydroxylation is 2. The molecule has 2 aromatic rings. The van der Waals surface area contributed by atoms with Gasteiger partial charge in [-0.15, -0.1) is 0 Å². The van der Waals surface area contributed by atoms with Crippen LogP contribution < -0.4 is 5.32 Å². The lowest BCUT2D eigenvalue weighted by atomic mass is 10.1. The second kappa shape index (κ2) is 5.54. The van der Waals surface area contributed by atoms with Crippen LogP contribution >= 0.6 is 0 Å². The molecule has 2 rings (SSSR count). The summed E-state index contributed by atoms with van der Waals surface area (Å²) in [6, 6.07) is 9.69. The third kappa shape index (κ3) is 3.23. The monoisotopic (exact) mass is 243 g/mol. The van der Waals surface area contributed by atoms with Gasteiger partial charge in [0.2, 0.25) is 0 Å². The smallest absolute Gasteiger partial charge is 0.199 e. The molecule has 18 heavy (non-hydrogen) atoms. The number of ketones is 1. The summed E-state index contributed by atoms with van der Waals surface area (Å²) in [6.45, 7) is 4.74. The SMILES string of the molecule is Cc1cc(C)cc(NCCC(=O)c2ccco2)c1. The van der Waals surface area contributed by atoms with E-state index in [1.165, 1.54) is 17.4 Å². The second-order valence-corrected chi connectivity index (χ2v) is 4.45. The van der Waals surface area contributed by atoms with Crippen molar-refractivity contribution in [3.8, 4) is 0 Å². The van der Waals surface area contributed by atoms with Gasteiger partial charge in [-0.2, -0.15) is 0 Å². The average molecular weight is 243 g/mol. The van der Waals surface area contributed by atoms with E-state index >= 15 is 0 Å². The number of carbonyl (C=O) groups excluding carboxylic acids is 1. The highest BCUT2D eigenvalue weighted by molar-refractivity contribution is 5.93. The Labute approximate surface area is 107 Å². The van der Waals surface area contributed by atoms with E-state index in [1.54, 1.807) is 12.1 Å². The van der Waals surface area contributed by atoms with Gasteiger partial charge in [0.1, 0.15) is 0 Å². The van der Waals surface area contributed by atoms with Crippen molar-refractivity contribution < 1.29 is 9.21 Å². The van der Waals surface area contributed by atoms with Crippen LogP contribution in [0.15, 0.2) is 41.0 Å². The topological polar surface area (TPSA) is 42.2 Å². The van der Waals surface area contributed by atoms with Gasteiger partial charge in [0, 0.05) is 18.7 Å². The normalized spacial score (nSPS) is 10.3. The number of rotatable bonds is 5. The maximum absolute atomic E-state index is 11.7. The quantitative estimate of drug-likeness (QED) is 0.816. The maximum Gasteiger partial charge on any atom is 0.199 e. The van der Waals surface area contributed by atoms with Crippen LogP contribution in [0.3, 0.4) is 0 Å². The fourth-order valence-corrected chi connectivity index (χ4v) is 1.96. The molecule has 1 aromatic heterocycles. The first-order chi connectivity index (χ1) is 8.65. The van der Waals surface area contributed by atoms with Crippen molar-refractivity contribution in [2.75, 3.05) is 11.9 Å². The molecule has 0 saturated heterocycles. The van der Waals surface area contributed by atoms with E-state index in [2.05, 4.69) is 37.4 Å². The predicted molar refractivity (Wildman–Crippen MR) is 72.1 cm³/mol. The zero-order chi connectivity index (χ0) is 13.0. The van der Waals surface area contributed by atoms with Crippen LogP contribution in [0.5, 0.6) is 0 Å². The molecule has 0 fully saturated rings. The molecule has 0 unspecified atom stereocenters. The van der Waals surface area contributed by atoms with Crippen molar-refractivity contribution in [2.45, 2.75) is 20.3 Å². The molecule has 0 aliphatic heterocycles. The van der Waals surface area contributed by atoms with Crippen molar-refractivity contribution >= 4 is 11.5 Å². The van der Waals surface area contributed by atoms with Gasteiger partial charge in [0.15, 0.2) is 11.5 Å². The van der Waals surface area contributed by atoms with Gasteiger partial charge in [0.05, 0.1) is 6.26 Å². The van der Waals surface area contributed by atoms with Crippen molar-refractivity contribution in [1.82, 2.24) is 0 Å². The summed E-state index contributed by atoms with van der Waals surface area (Å²) < 4.78 is 5.06. The molecule has 0 bridgehead atoms. The van der Waals surface area contributed by atoms with Gasteiger partial charge in [-0.25, -0.2) is 0 Å². The molecular weight excluding hydrogens is 226 g/mol. The van der Waals surface area contributed by atoms with Gasteiger partial charge in [0.25, 0.3) is 0 Å². The molecule has 1 heterocycles. The fourth-order valence-electron chi connectivity index (χ4n) is 1.96. The minimum Gasteiger partial charge on any atom is -0.461 e. The van der Waals surface area contributed by atoms with Crippen LogP contribution in [0, 0.1) is 13.8 Å². The largest absolute Gasteiger partial charge is 0.461 e. The lowest BCUT2D eigenvalue weighted by molar-refractivity contribution is 0.0960. The molecule has 1 N–H and O–H groups in total. The summed E-state index contributed by atoms with van der Waals surface area (Å²) in [5.74, 6) is 0.453. The highest BCUT2D eigenvalue weighted by Gasteiger charge is 2.07. The summed E-state index contributed by atoms with van der Waals surface area (Å²) in [6.07, 6.45) is 1.95. The minimum atomic E-state index is 0.0249. The molecule has 0 saturated carbocycles. The summed E-state index contributed by atoms with van der Waals surface area (Å²) in [5, 5.41) is 3.26. The van der Waals surface area contributed by atoms with Crippen LogP contribution in [0.1, 0.15) is 28.1 Å².